The topological polar surface area (TPSA) is 61.6 Å². The number of benzene rings is 1. The molecule has 0 atom stereocenters. The molecule has 0 saturated carbocycles. The van der Waals surface area contributed by atoms with E-state index in [4.69, 9.17) is 5.26 Å². The highest BCUT2D eigenvalue weighted by Crippen LogP contribution is 2.26. The highest BCUT2D eigenvalue weighted by atomic mass is 79.9. The van der Waals surface area contributed by atoms with E-state index in [0.29, 0.717) is 5.82 Å². The van der Waals surface area contributed by atoms with E-state index in [-0.39, 0.29) is 5.69 Å². The molecule has 0 fully saturated rings. The summed E-state index contributed by atoms with van der Waals surface area (Å²) in [6.07, 6.45) is 3.04. The second-order valence-electron chi connectivity index (χ2n) is 3.47. The van der Waals surface area contributed by atoms with Crippen LogP contribution in [-0.2, 0) is 0 Å². The molecule has 0 aliphatic rings. The average Bonchev–Trinajstić information content (AvgIpc) is 2.33. The Hall–Kier alpha value is -1.93. The number of aryl methyl sites for hydroxylation is 1. The molecule has 4 nitrogen and oxygen atoms in total. The molecule has 5 heteroatoms. The minimum Gasteiger partial charge on any atom is -0.337 e. The molecular weight excluding hydrogens is 280 g/mol. The molecule has 1 heterocycles. The van der Waals surface area contributed by atoms with Crippen molar-refractivity contribution in [2.24, 2.45) is 0 Å². The van der Waals surface area contributed by atoms with Crippen LogP contribution in [0, 0.1) is 18.3 Å². The summed E-state index contributed by atoms with van der Waals surface area (Å²) in [7, 11) is 0. The Kier molecular flexibility index (Phi) is 3.35. The van der Waals surface area contributed by atoms with Crippen molar-refractivity contribution in [1.82, 2.24) is 9.97 Å². The highest BCUT2D eigenvalue weighted by Gasteiger charge is 2.06. The first-order chi connectivity index (χ1) is 8.20. The largest absolute Gasteiger partial charge is 0.337 e. The Morgan fingerprint density at radius 2 is 2.06 bits per heavy atom. The smallest absolute Gasteiger partial charge is 0.183 e. The monoisotopic (exact) mass is 288 g/mol. The van der Waals surface area contributed by atoms with Crippen LogP contribution in [-0.4, -0.2) is 9.97 Å². The van der Waals surface area contributed by atoms with Gasteiger partial charge in [0, 0.05) is 16.9 Å². The van der Waals surface area contributed by atoms with Crippen LogP contribution in [0.2, 0.25) is 0 Å². The van der Waals surface area contributed by atoms with Crippen LogP contribution in [0.15, 0.2) is 35.1 Å². The Morgan fingerprint density at radius 1 is 1.29 bits per heavy atom. The number of nitrogens with zero attached hydrogens (tertiary/aromatic N) is 3. The van der Waals surface area contributed by atoms with E-state index in [0.717, 1.165) is 15.7 Å². The summed E-state index contributed by atoms with van der Waals surface area (Å²) < 4.78 is 0.923. The third-order valence-electron chi connectivity index (χ3n) is 2.18. The summed E-state index contributed by atoms with van der Waals surface area (Å²) >= 11 is 3.46. The maximum atomic E-state index is 8.91. The van der Waals surface area contributed by atoms with Gasteiger partial charge in [0.2, 0.25) is 0 Å². The molecule has 1 N–H and O–H groups in total. The molecule has 0 saturated heterocycles. The Labute approximate surface area is 107 Å². The van der Waals surface area contributed by atoms with Crippen LogP contribution in [0.1, 0.15) is 11.3 Å². The average molecular weight is 289 g/mol. The maximum absolute atomic E-state index is 8.91. The standard InChI is InChI=1S/C12H9BrN4/c1-8-2-3-10(9(13)6-8)17-12-11(7-14)15-4-5-16-12/h2-6H,1H3,(H,16,17). The van der Waals surface area contributed by atoms with Crippen molar-refractivity contribution < 1.29 is 0 Å². The number of nitrogens with one attached hydrogen (secondary N) is 1. The van der Waals surface area contributed by atoms with Crippen molar-refractivity contribution in [3.63, 3.8) is 0 Å². The van der Waals surface area contributed by atoms with Crippen molar-refractivity contribution in [1.29, 1.82) is 5.26 Å². The van der Waals surface area contributed by atoms with Gasteiger partial charge in [-0.1, -0.05) is 6.07 Å². The number of rotatable bonds is 2. The number of hydrogen-bond donors (Lipinski definition) is 1. The van der Waals surface area contributed by atoms with Crippen LogP contribution in [0.3, 0.4) is 0 Å². The molecule has 0 amide bonds. The SMILES string of the molecule is Cc1ccc(Nc2nccnc2C#N)c(Br)c1. The van der Waals surface area contributed by atoms with Crippen molar-refractivity contribution in [3.8, 4) is 6.07 Å². The molecule has 0 spiro atoms. The Bertz CT molecular complexity index is 589. The number of nitriles is 1. The second kappa shape index (κ2) is 4.93. The van der Waals surface area contributed by atoms with Gasteiger partial charge in [0.15, 0.2) is 11.5 Å². The van der Waals surface area contributed by atoms with E-state index in [9.17, 15) is 0 Å². The molecule has 1 aromatic carbocycles. The van der Waals surface area contributed by atoms with E-state index in [1.165, 1.54) is 6.20 Å². The number of aromatic nitrogens is 2. The van der Waals surface area contributed by atoms with Crippen molar-refractivity contribution >= 4 is 27.4 Å². The molecule has 0 bridgehead atoms. The lowest BCUT2D eigenvalue weighted by molar-refractivity contribution is 1.16. The van der Waals surface area contributed by atoms with Gasteiger partial charge in [0.25, 0.3) is 0 Å². The van der Waals surface area contributed by atoms with Crippen LogP contribution in [0.4, 0.5) is 11.5 Å². The molecule has 0 radical (unpaired) electrons. The normalized spacial score (nSPS) is 9.71. The van der Waals surface area contributed by atoms with Crippen LogP contribution < -0.4 is 5.32 Å². The molecule has 0 aliphatic heterocycles. The highest BCUT2D eigenvalue weighted by molar-refractivity contribution is 9.10. The van der Waals surface area contributed by atoms with Gasteiger partial charge in [0.05, 0.1) is 5.69 Å². The zero-order valence-corrected chi connectivity index (χ0v) is 10.7. The van der Waals surface area contributed by atoms with Gasteiger partial charge >= 0.3 is 0 Å². The fourth-order valence-corrected chi connectivity index (χ4v) is 1.95. The molecular formula is C12H9BrN4. The second-order valence-corrected chi connectivity index (χ2v) is 4.33. The summed E-state index contributed by atoms with van der Waals surface area (Å²) in [6, 6.07) is 7.89. The van der Waals surface area contributed by atoms with Gasteiger partial charge in [-0.2, -0.15) is 5.26 Å². The first-order valence-corrected chi connectivity index (χ1v) is 5.74. The lowest BCUT2D eigenvalue weighted by Gasteiger charge is -2.08. The van der Waals surface area contributed by atoms with Gasteiger partial charge < -0.3 is 5.32 Å². The van der Waals surface area contributed by atoms with Crippen LogP contribution in [0.5, 0.6) is 0 Å². The van der Waals surface area contributed by atoms with Gasteiger partial charge in [-0.25, -0.2) is 9.97 Å². The zero-order valence-electron chi connectivity index (χ0n) is 9.11. The molecule has 2 aromatic rings. The quantitative estimate of drug-likeness (QED) is 0.922. The van der Waals surface area contributed by atoms with Crippen LogP contribution in [0.25, 0.3) is 0 Å². The third kappa shape index (κ3) is 2.60. The van der Waals surface area contributed by atoms with Crippen molar-refractivity contribution in [2.45, 2.75) is 6.92 Å². The summed E-state index contributed by atoms with van der Waals surface area (Å²) in [6.45, 7) is 2.01. The van der Waals surface area contributed by atoms with E-state index >= 15 is 0 Å². The predicted octanol–water partition coefficient (Wildman–Crippen LogP) is 3.16. The first kappa shape index (κ1) is 11.6. The molecule has 84 valence electrons. The fraction of sp³-hybridized carbons (Fsp3) is 0.0833. The maximum Gasteiger partial charge on any atom is 0.183 e. The van der Waals surface area contributed by atoms with Gasteiger partial charge in [-0.15, -0.1) is 0 Å². The number of halogens is 1. The van der Waals surface area contributed by atoms with E-state index < -0.39 is 0 Å². The predicted molar refractivity (Wildman–Crippen MR) is 68.9 cm³/mol. The number of anilines is 2. The molecule has 17 heavy (non-hydrogen) atoms. The zero-order chi connectivity index (χ0) is 12.3. The Balaban J connectivity index is 2.35. The Morgan fingerprint density at radius 3 is 2.76 bits per heavy atom. The lowest BCUT2D eigenvalue weighted by atomic mass is 10.2. The van der Waals surface area contributed by atoms with Crippen molar-refractivity contribution in [2.75, 3.05) is 5.32 Å². The van der Waals surface area contributed by atoms with Gasteiger partial charge in [0.1, 0.15) is 6.07 Å². The molecule has 0 unspecified atom stereocenters. The van der Waals surface area contributed by atoms with Gasteiger partial charge in [-0.3, -0.25) is 0 Å². The summed E-state index contributed by atoms with van der Waals surface area (Å²) in [5.41, 5.74) is 2.29. The van der Waals surface area contributed by atoms with E-state index in [1.54, 1.807) is 6.20 Å². The lowest BCUT2D eigenvalue weighted by Crippen LogP contribution is -1.99. The molecule has 0 aliphatic carbocycles. The van der Waals surface area contributed by atoms with Gasteiger partial charge in [-0.05, 0) is 40.5 Å². The fourth-order valence-electron chi connectivity index (χ4n) is 1.36. The van der Waals surface area contributed by atoms with E-state index in [1.807, 2.05) is 31.2 Å². The molecule has 1 aromatic heterocycles. The summed E-state index contributed by atoms with van der Waals surface area (Å²) in [5.74, 6) is 0.458. The van der Waals surface area contributed by atoms with Crippen molar-refractivity contribution in [3.05, 3.63) is 46.3 Å². The number of hydrogen-bond acceptors (Lipinski definition) is 4. The summed E-state index contributed by atoms with van der Waals surface area (Å²) in [4.78, 5) is 8.03. The minimum atomic E-state index is 0.278. The third-order valence-corrected chi connectivity index (χ3v) is 2.84. The van der Waals surface area contributed by atoms with E-state index in [2.05, 4.69) is 31.2 Å². The molecule has 2 rings (SSSR count). The minimum absolute atomic E-state index is 0.278. The first-order valence-electron chi connectivity index (χ1n) is 4.95. The summed E-state index contributed by atoms with van der Waals surface area (Å²) in [5, 5.41) is 12.0. The van der Waals surface area contributed by atoms with Crippen LogP contribution >= 0.6 is 15.9 Å².